The first-order chi connectivity index (χ1) is 9.61. The van der Waals surface area contributed by atoms with Crippen LogP contribution in [0, 0.1) is 0 Å². The SMILES string of the molecule is CNC(=O)[C@@H]1CN(C(C)C)CCN1Cc1ccncc1. The first-order valence-electron chi connectivity index (χ1n) is 7.20. The van der Waals surface area contributed by atoms with Gasteiger partial charge in [0.2, 0.25) is 5.91 Å². The molecular weight excluding hydrogens is 252 g/mol. The van der Waals surface area contributed by atoms with Gasteiger partial charge < -0.3 is 5.32 Å². The maximum Gasteiger partial charge on any atom is 0.238 e. The van der Waals surface area contributed by atoms with E-state index in [-0.39, 0.29) is 11.9 Å². The average Bonchev–Trinajstić information content (AvgIpc) is 2.47. The molecule has 0 unspecified atom stereocenters. The number of hydrogen-bond donors (Lipinski definition) is 1. The van der Waals surface area contributed by atoms with Crippen molar-refractivity contribution in [2.45, 2.75) is 32.5 Å². The predicted molar refractivity (Wildman–Crippen MR) is 79.2 cm³/mol. The number of aromatic nitrogens is 1. The van der Waals surface area contributed by atoms with E-state index in [9.17, 15) is 4.79 Å². The van der Waals surface area contributed by atoms with Crippen LogP contribution in [0.1, 0.15) is 19.4 Å². The Hall–Kier alpha value is -1.46. The maximum absolute atomic E-state index is 12.1. The van der Waals surface area contributed by atoms with Crippen molar-refractivity contribution < 1.29 is 4.79 Å². The van der Waals surface area contributed by atoms with Gasteiger partial charge in [-0.2, -0.15) is 0 Å². The molecule has 1 amide bonds. The highest BCUT2D eigenvalue weighted by molar-refractivity contribution is 5.81. The van der Waals surface area contributed by atoms with E-state index < -0.39 is 0 Å². The van der Waals surface area contributed by atoms with Gasteiger partial charge in [-0.05, 0) is 31.5 Å². The number of amides is 1. The van der Waals surface area contributed by atoms with E-state index in [2.05, 4.69) is 33.9 Å². The summed E-state index contributed by atoms with van der Waals surface area (Å²) in [6.07, 6.45) is 3.60. The van der Waals surface area contributed by atoms with E-state index in [0.717, 1.165) is 26.2 Å². The second-order valence-corrected chi connectivity index (χ2v) is 5.54. The van der Waals surface area contributed by atoms with Crippen molar-refractivity contribution in [3.63, 3.8) is 0 Å². The van der Waals surface area contributed by atoms with Crippen LogP contribution in [0.25, 0.3) is 0 Å². The fraction of sp³-hybridized carbons (Fsp3) is 0.600. The number of likely N-dealkylation sites (N-methyl/N-ethyl adjacent to an activating group) is 1. The summed E-state index contributed by atoms with van der Waals surface area (Å²) in [7, 11) is 1.71. The van der Waals surface area contributed by atoms with Crippen molar-refractivity contribution in [2.75, 3.05) is 26.7 Å². The van der Waals surface area contributed by atoms with Crippen molar-refractivity contribution in [3.05, 3.63) is 30.1 Å². The van der Waals surface area contributed by atoms with Gasteiger partial charge in [0.25, 0.3) is 0 Å². The van der Waals surface area contributed by atoms with E-state index in [1.54, 1.807) is 19.4 Å². The lowest BCUT2D eigenvalue weighted by atomic mass is 10.1. The Morgan fingerprint density at radius 3 is 2.70 bits per heavy atom. The number of rotatable bonds is 4. The Kier molecular flexibility index (Phi) is 5.09. The van der Waals surface area contributed by atoms with Crippen LogP contribution >= 0.6 is 0 Å². The quantitative estimate of drug-likeness (QED) is 0.880. The number of piperazine rings is 1. The second kappa shape index (κ2) is 6.81. The molecule has 0 radical (unpaired) electrons. The third kappa shape index (κ3) is 3.55. The van der Waals surface area contributed by atoms with Crippen molar-refractivity contribution in [2.24, 2.45) is 0 Å². The Labute approximate surface area is 121 Å². The summed E-state index contributed by atoms with van der Waals surface area (Å²) in [5.41, 5.74) is 1.20. The molecule has 2 rings (SSSR count). The number of nitrogens with zero attached hydrogens (tertiary/aromatic N) is 3. The van der Waals surface area contributed by atoms with Gasteiger partial charge in [-0.25, -0.2) is 0 Å². The Morgan fingerprint density at radius 2 is 2.10 bits per heavy atom. The van der Waals surface area contributed by atoms with Gasteiger partial charge in [0.15, 0.2) is 0 Å². The second-order valence-electron chi connectivity index (χ2n) is 5.54. The lowest BCUT2D eigenvalue weighted by molar-refractivity contribution is -0.129. The van der Waals surface area contributed by atoms with E-state index in [0.29, 0.717) is 6.04 Å². The fourth-order valence-corrected chi connectivity index (χ4v) is 2.64. The average molecular weight is 276 g/mol. The first kappa shape index (κ1) is 14.9. The highest BCUT2D eigenvalue weighted by Gasteiger charge is 2.32. The van der Waals surface area contributed by atoms with Crippen LogP contribution in [0.5, 0.6) is 0 Å². The third-order valence-corrected chi connectivity index (χ3v) is 3.94. The minimum Gasteiger partial charge on any atom is -0.358 e. The zero-order valence-corrected chi connectivity index (χ0v) is 12.5. The maximum atomic E-state index is 12.1. The monoisotopic (exact) mass is 276 g/mol. The Balaban J connectivity index is 2.08. The summed E-state index contributed by atoms with van der Waals surface area (Å²) < 4.78 is 0. The van der Waals surface area contributed by atoms with Gasteiger partial charge in [-0.1, -0.05) is 0 Å². The van der Waals surface area contributed by atoms with E-state index in [1.165, 1.54) is 5.56 Å². The summed E-state index contributed by atoms with van der Waals surface area (Å²) in [4.78, 5) is 20.8. The zero-order chi connectivity index (χ0) is 14.5. The van der Waals surface area contributed by atoms with Gasteiger partial charge in [-0.3, -0.25) is 19.6 Å². The molecule has 0 aliphatic carbocycles. The summed E-state index contributed by atoms with van der Waals surface area (Å²) in [5, 5.41) is 2.79. The number of carbonyl (C=O) groups is 1. The molecule has 0 aromatic carbocycles. The standard InChI is InChI=1S/C15H24N4O/c1-12(2)18-8-9-19(14(11-18)15(20)16-3)10-13-4-6-17-7-5-13/h4-7,12,14H,8-11H2,1-3H3,(H,16,20)/t14-/m0/s1. The Morgan fingerprint density at radius 1 is 1.40 bits per heavy atom. The third-order valence-electron chi connectivity index (χ3n) is 3.94. The van der Waals surface area contributed by atoms with Crippen molar-refractivity contribution in [3.8, 4) is 0 Å². The van der Waals surface area contributed by atoms with Crippen LogP contribution < -0.4 is 5.32 Å². The highest BCUT2D eigenvalue weighted by atomic mass is 16.2. The van der Waals surface area contributed by atoms with Crippen LogP contribution in [-0.4, -0.2) is 59.5 Å². The number of nitrogens with one attached hydrogen (secondary N) is 1. The molecule has 110 valence electrons. The summed E-state index contributed by atoms with van der Waals surface area (Å²) in [6.45, 7) is 7.88. The molecule has 0 saturated carbocycles. The van der Waals surface area contributed by atoms with Gasteiger partial charge >= 0.3 is 0 Å². The number of carbonyl (C=O) groups excluding carboxylic acids is 1. The van der Waals surface area contributed by atoms with Crippen LogP contribution in [0.3, 0.4) is 0 Å². The van der Waals surface area contributed by atoms with Crippen LogP contribution in [-0.2, 0) is 11.3 Å². The molecule has 1 atom stereocenters. The van der Waals surface area contributed by atoms with Crippen molar-refractivity contribution >= 4 is 5.91 Å². The molecule has 2 heterocycles. The molecule has 1 saturated heterocycles. The first-order valence-corrected chi connectivity index (χ1v) is 7.20. The van der Waals surface area contributed by atoms with E-state index in [4.69, 9.17) is 0 Å². The predicted octanol–water partition coefficient (Wildman–Crippen LogP) is 0.722. The topological polar surface area (TPSA) is 48.5 Å². The molecule has 5 nitrogen and oxygen atoms in total. The van der Waals surface area contributed by atoms with Crippen LogP contribution in [0.2, 0.25) is 0 Å². The molecule has 1 aromatic rings. The minimum absolute atomic E-state index is 0.0793. The van der Waals surface area contributed by atoms with Gasteiger partial charge in [-0.15, -0.1) is 0 Å². The molecular formula is C15H24N4O. The molecule has 1 fully saturated rings. The van der Waals surface area contributed by atoms with E-state index in [1.807, 2.05) is 12.1 Å². The van der Waals surface area contributed by atoms with Gasteiger partial charge in [0.1, 0.15) is 6.04 Å². The van der Waals surface area contributed by atoms with Crippen molar-refractivity contribution in [1.82, 2.24) is 20.1 Å². The van der Waals surface area contributed by atoms with Crippen LogP contribution in [0.15, 0.2) is 24.5 Å². The zero-order valence-electron chi connectivity index (χ0n) is 12.5. The molecule has 0 bridgehead atoms. The molecule has 5 heteroatoms. The van der Waals surface area contributed by atoms with E-state index >= 15 is 0 Å². The number of pyridine rings is 1. The molecule has 1 aliphatic rings. The minimum atomic E-state index is -0.0793. The molecule has 20 heavy (non-hydrogen) atoms. The van der Waals surface area contributed by atoms with Crippen LogP contribution in [0.4, 0.5) is 0 Å². The summed E-state index contributed by atoms with van der Waals surface area (Å²) in [6, 6.07) is 4.42. The normalized spacial score (nSPS) is 21.1. The molecule has 1 aliphatic heterocycles. The molecule has 1 N–H and O–H groups in total. The molecule has 0 spiro atoms. The number of hydrogen-bond acceptors (Lipinski definition) is 4. The fourth-order valence-electron chi connectivity index (χ4n) is 2.64. The smallest absolute Gasteiger partial charge is 0.238 e. The largest absolute Gasteiger partial charge is 0.358 e. The lowest BCUT2D eigenvalue weighted by Gasteiger charge is -2.42. The van der Waals surface area contributed by atoms with Gasteiger partial charge in [0, 0.05) is 51.7 Å². The summed E-state index contributed by atoms with van der Waals surface area (Å²) >= 11 is 0. The lowest BCUT2D eigenvalue weighted by Crippen LogP contribution is -2.59. The molecule has 1 aromatic heterocycles. The van der Waals surface area contributed by atoms with Crippen molar-refractivity contribution in [1.29, 1.82) is 0 Å². The highest BCUT2D eigenvalue weighted by Crippen LogP contribution is 2.16. The Bertz CT molecular complexity index is 435. The summed E-state index contributed by atoms with van der Waals surface area (Å²) in [5.74, 6) is 0.101. The van der Waals surface area contributed by atoms with Gasteiger partial charge in [0.05, 0.1) is 0 Å².